The first-order valence-corrected chi connectivity index (χ1v) is 11.0. The molecule has 1 saturated heterocycles. The highest BCUT2D eigenvalue weighted by Gasteiger charge is 2.46. The van der Waals surface area contributed by atoms with Gasteiger partial charge in [0.25, 0.3) is 0 Å². The molecule has 0 saturated carbocycles. The third-order valence-corrected chi connectivity index (χ3v) is 6.25. The fourth-order valence-electron chi connectivity index (χ4n) is 4.02. The summed E-state index contributed by atoms with van der Waals surface area (Å²) in [6.45, 7) is 2.90. The highest BCUT2D eigenvalue weighted by molar-refractivity contribution is 5.89. The van der Waals surface area contributed by atoms with Gasteiger partial charge in [-0.3, -0.25) is 0 Å². The van der Waals surface area contributed by atoms with Crippen molar-refractivity contribution in [2.45, 2.75) is 69.4 Å². The molecule has 0 radical (unpaired) electrons. The molecule has 2 aliphatic rings. The maximum absolute atomic E-state index is 12.5. The number of ether oxygens (including phenoxy) is 3. The number of aromatic hydroxyl groups is 2. The van der Waals surface area contributed by atoms with Gasteiger partial charge in [0, 0.05) is 5.57 Å². The van der Waals surface area contributed by atoms with Gasteiger partial charge in [-0.2, -0.15) is 0 Å². The molecule has 35 heavy (non-hydrogen) atoms. The molecule has 7 N–H and O–H groups in total. The summed E-state index contributed by atoms with van der Waals surface area (Å²) in [5.41, 5.74) is -0.907. The van der Waals surface area contributed by atoms with E-state index in [9.17, 15) is 40.2 Å². The first kappa shape index (κ1) is 26.7. The van der Waals surface area contributed by atoms with Gasteiger partial charge in [0.2, 0.25) is 12.0 Å². The van der Waals surface area contributed by atoms with Crippen LogP contribution in [0.25, 0.3) is 0 Å². The molecule has 0 bridgehead atoms. The van der Waals surface area contributed by atoms with Crippen molar-refractivity contribution in [1.29, 1.82) is 0 Å². The molecule has 0 amide bonds. The predicted octanol–water partition coefficient (Wildman–Crippen LogP) is 0.0230. The predicted molar refractivity (Wildman–Crippen MR) is 117 cm³/mol. The minimum Gasteiger partial charge on any atom is -0.504 e. The monoisotopic (exact) mass is 498 g/mol. The average molecular weight is 498 g/mol. The van der Waals surface area contributed by atoms with Crippen LogP contribution in [0.15, 0.2) is 23.8 Å². The van der Waals surface area contributed by atoms with Crippen LogP contribution in [-0.4, -0.2) is 90.6 Å². The Balaban J connectivity index is 1.66. The largest absolute Gasteiger partial charge is 0.504 e. The van der Waals surface area contributed by atoms with Gasteiger partial charge in [0.15, 0.2) is 11.5 Å². The van der Waals surface area contributed by atoms with Crippen molar-refractivity contribution >= 4 is 11.9 Å². The van der Waals surface area contributed by atoms with Crippen LogP contribution < -0.4 is 4.74 Å². The third-order valence-electron chi connectivity index (χ3n) is 6.25. The van der Waals surface area contributed by atoms with Gasteiger partial charge >= 0.3 is 11.9 Å². The van der Waals surface area contributed by atoms with Gasteiger partial charge in [-0.05, 0) is 51.2 Å². The number of phenolic OH excluding ortho intramolecular Hbond substituents is 2. The molecular weight excluding hydrogens is 468 g/mol. The summed E-state index contributed by atoms with van der Waals surface area (Å²) in [5, 5.41) is 69.8. The standard InChI is InChI=1S/C23H30O12/c1-23(2,32)12-5-3-10(4-6-12)21(31)33-9-15-16(26)17(27)18(28)22(34-15)35-19-13(24)7-11(20(29)30)8-14(19)25/h3,7-8,12,15-18,22,24-28,32H,4-6,9H2,1-2H3,(H,29,30)/t12-,15+,16-,17-,18-,22-/m0/s1. The molecule has 0 unspecified atom stereocenters. The molecular formula is C23H30O12. The van der Waals surface area contributed by atoms with Crippen LogP contribution in [0.1, 0.15) is 43.5 Å². The lowest BCUT2D eigenvalue weighted by Gasteiger charge is -2.40. The van der Waals surface area contributed by atoms with Gasteiger partial charge in [-0.1, -0.05) is 6.08 Å². The summed E-state index contributed by atoms with van der Waals surface area (Å²) in [4.78, 5) is 23.5. The first-order valence-electron chi connectivity index (χ1n) is 11.0. The number of rotatable bonds is 7. The van der Waals surface area contributed by atoms with E-state index in [0.717, 1.165) is 12.1 Å². The number of carbonyl (C=O) groups excluding carboxylic acids is 1. The summed E-state index contributed by atoms with van der Waals surface area (Å²) < 4.78 is 15.9. The van der Waals surface area contributed by atoms with E-state index >= 15 is 0 Å². The molecule has 194 valence electrons. The number of hydrogen-bond donors (Lipinski definition) is 7. The lowest BCUT2D eigenvalue weighted by Crippen LogP contribution is -2.60. The zero-order valence-electron chi connectivity index (χ0n) is 19.2. The van der Waals surface area contributed by atoms with Gasteiger partial charge < -0.3 is 50.0 Å². The molecule has 1 heterocycles. The third kappa shape index (κ3) is 6.03. The molecule has 12 nitrogen and oxygen atoms in total. The van der Waals surface area contributed by atoms with Gasteiger partial charge in [-0.25, -0.2) is 9.59 Å². The minimum atomic E-state index is -1.82. The van der Waals surface area contributed by atoms with Crippen molar-refractivity contribution in [3.63, 3.8) is 0 Å². The summed E-state index contributed by atoms with van der Waals surface area (Å²) in [6, 6.07) is 1.61. The fourth-order valence-corrected chi connectivity index (χ4v) is 4.02. The van der Waals surface area contributed by atoms with E-state index in [1.54, 1.807) is 19.9 Å². The van der Waals surface area contributed by atoms with Gasteiger partial charge in [0.05, 0.1) is 11.2 Å². The lowest BCUT2D eigenvalue weighted by molar-refractivity contribution is -0.278. The second-order valence-corrected chi connectivity index (χ2v) is 9.23. The van der Waals surface area contributed by atoms with Crippen LogP contribution in [-0.2, 0) is 14.3 Å². The topological polar surface area (TPSA) is 203 Å². The number of carbonyl (C=O) groups is 2. The van der Waals surface area contributed by atoms with Crippen LogP contribution in [0, 0.1) is 5.92 Å². The van der Waals surface area contributed by atoms with E-state index in [-0.39, 0.29) is 5.92 Å². The summed E-state index contributed by atoms with van der Waals surface area (Å²) >= 11 is 0. The average Bonchev–Trinajstić information content (AvgIpc) is 2.79. The smallest absolute Gasteiger partial charge is 0.335 e. The SMILES string of the molecule is CC(C)(O)[C@H]1CC=C(C(=O)OC[C@H]2O[C@@H](Oc3c(O)cc(C(=O)O)cc3O)[C@@H](O)[C@@H](O)[C@H]2O)CC1. The number of aliphatic hydroxyl groups is 4. The quantitative estimate of drug-likeness (QED) is 0.249. The summed E-state index contributed by atoms with van der Waals surface area (Å²) in [7, 11) is 0. The van der Waals surface area contributed by atoms with E-state index < -0.39 is 77.7 Å². The van der Waals surface area contributed by atoms with Crippen molar-refractivity contribution < 1.29 is 59.5 Å². The zero-order chi connectivity index (χ0) is 26.1. The molecule has 3 rings (SSSR count). The van der Waals surface area contributed by atoms with Crippen molar-refractivity contribution in [2.75, 3.05) is 6.61 Å². The molecule has 12 heteroatoms. The number of hydrogen-bond acceptors (Lipinski definition) is 11. The molecule has 1 aromatic rings. The van der Waals surface area contributed by atoms with E-state index in [1.165, 1.54) is 0 Å². The number of carboxylic acid groups (broad SMARTS) is 1. The molecule has 1 aliphatic carbocycles. The Hall–Kier alpha value is -2.90. The fraction of sp³-hybridized carbons (Fsp3) is 0.565. The maximum Gasteiger partial charge on any atom is 0.335 e. The van der Waals surface area contributed by atoms with Crippen molar-refractivity contribution in [3.8, 4) is 17.2 Å². The normalized spacial score (nSPS) is 29.3. The lowest BCUT2D eigenvalue weighted by atomic mass is 9.79. The first-order chi connectivity index (χ1) is 16.3. The van der Waals surface area contributed by atoms with E-state index in [0.29, 0.717) is 24.8 Å². The molecule has 0 aromatic heterocycles. The zero-order valence-corrected chi connectivity index (χ0v) is 19.2. The van der Waals surface area contributed by atoms with E-state index in [1.807, 2.05) is 0 Å². The Labute approximate surface area is 200 Å². The highest BCUT2D eigenvalue weighted by Crippen LogP contribution is 2.39. The molecule has 1 aromatic carbocycles. The Bertz CT molecular complexity index is 958. The van der Waals surface area contributed by atoms with Gasteiger partial charge in [0.1, 0.15) is 31.0 Å². The second-order valence-electron chi connectivity index (χ2n) is 9.23. The van der Waals surface area contributed by atoms with Crippen LogP contribution in [0.5, 0.6) is 17.2 Å². The number of allylic oxidation sites excluding steroid dienone is 1. The minimum absolute atomic E-state index is 0.00510. The van der Waals surface area contributed by atoms with Gasteiger partial charge in [-0.15, -0.1) is 0 Å². The summed E-state index contributed by atoms with van der Waals surface area (Å²) in [6.07, 6.45) is -5.18. The van der Waals surface area contributed by atoms with Crippen molar-refractivity contribution in [1.82, 2.24) is 0 Å². The number of phenols is 2. The number of carboxylic acids is 1. The second kappa shape index (κ2) is 10.4. The van der Waals surface area contributed by atoms with Crippen LogP contribution >= 0.6 is 0 Å². The number of esters is 1. The Kier molecular flexibility index (Phi) is 7.92. The van der Waals surface area contributed by atoms with Crippen LogP contribution in [0.4, 0.5) is 0 Å². The maximum atomic E-state index is 12.5. The molecule has 6 atom stereocenters. The van der Waals surface area contributed by atoms with Crippen molar-refractivity contribution in [2.24, 2.45) is 5.92 Å². The Morgan fingerprint density at radius 2 is 1.71 bits per heavy atom. The number of aliphatic hydroxyl groups excluding tert-OH is 3. The number of aromatic carboxylic acids is 1. The van der Waals surface area contributed by atoms with Crippen LogP contribution in [0.3, 0.4) is 0 Å². The number of benzene rings is 1. The summed E-state index contributed by atoms with van der Waals surface area (Å²) in [5.74, 6) is -4.24. The van der Waals surface area contributed by atoms with E-state index in [2.05, 4.69) is 0 Å². The van der Waals surface area contributed by atoms with E-state index in [4.69, 9.17) is 19.3 Å². The van der Waals surface area contributed by atoms with Crippen LogP contribution in [0.2, 0.25) is 0 Å². The highest BCUT2D eigenvalue weighted by atomic mass is 16.7. The molecule has 0 spiro atoms. The Morgan fingerprint density at radius 1 is 1.09 bits per heavy atom. The molecule has 1 aliphatic heterocycles. The Morgan fingerprint density at radius 3 is 2.23 bits per heavy atom. The molecule has 1 fully saturated rings. The van der Waals surface area contributed by atoms with Crippen molar-refractivity contribution in [3.05, 3.63) is 29.3 Å².